The fraction of sp³-hybridized carbons (Fsp3) is 0.278. The van der Waals surface area contributed by atoms with E-state index in [0.717, 1.165) is 43.2 Å². The van der Waals surface area contributed by atoms with Crippen molar-refractivity contribution >= 4 is 34.4 Å². The van der Waals surface area contributed by atoms with Gasteiger partial charge in [0, 0.05) is 24.5 Å². The van der Waals surface area contributed by atoms with Crippen molar-refractivity contribution in [1.82, 2.24) is 0 Å². The molecule has 24 heavy (non-hydrogen) atoms. The number of benzene rings is 2. The Bertz CT molecular complexity index is 715. The number of rotatable bonds is 3. The molecule has 1 heterocycles. The van der Waals surface area contributed by atoms with Gasteiger partial charge in [0.05, 0.1) is 18.9 Å². The van der Waals surface area contributed by atoms with E-state index >= 15 is 0 Å². The van der Waals surface area contributed by atoms with Gasteiger partial charge in [0.25, 0.3) is 0 Å². The molecule has 0 unspecified atom stereocenters. The summed E-state index contributed by atoms with van der Waals surface area (Å²) in [5.41, 5.74) is 3.36. The van der Waals surface area contributed by atoms with Crippen molar-refractivity contribution in [1.29, 1.82) is 0 Å². The van der Waals surface area contributed by atoms with E-state index in [-0.39, 0.29) is 5.82 Å². The van der Waals surface area contributed by atoms with Gasteiger partial charge in [-0.25, -0.2) is 4.39 Å². The van der Waals surface area contributed by atoms with Gasteiger partial charge in [0.15, 0.2) is 5.11 Å². The maximum Gasteiger partial charge on any atom is 0.175 e. The van der Waals surface area contributed by atoms with E-state index in [9.17, 15) is 4.39 Å². The van der Waals surface area contributed by atoms with Crippen LogP contribution in [0.5, 0.6) is 0 Å². The van der Waals surface area contributed by atoms with Crippen LogP contribution in [-0.2, 0) is 4.74 Å². The van der Waals surface area contributed by atoms with Crippen molar-refractivity contribution in [3.05, 3.63) is 53.8 Å². The quantitative estimate of drug-likeness (QED) is 0.828. The van der Waals surface area contributed by atoms with Crippen LogP contribution in [0.25, 0.3) is 0 Å². The van der Waals surface area contributed by atoms with Crippen molar-refractivity contribution in [3.8, 4) is 0 Å². The first kappa shape index (κ1) is 16.7. The summed E-state index contributed by atoms with van der Waals surface area (Å²) in [6.07, 6.45) is 0. The molecule has 0 radical (unpaired) electrons. The van der Waals surface area contributed by atoms with Gasteiger partial charge in [-0.3, -0.25) is 0 Å². The van der Waals surface area contributed by atoms with Crippen molar-refractivity contribution in [2.24, 2.45) is 0 Å². The Morgan fingerprint density at radius 2 is 1.79 bits per heavy atom. The summed E-state index contributed by atoms with van der Waals surface area (Å²) < 4.78 is 19.1. The maximum atomic E-state index is 13.8. The standard InChI is InChI=1S/C18H20FN3OS/c1-13-2-7-16(19)17(12-13)21-18(24)20-14-3-5-15(6-4-14)22-8-10-23-11-9-22/h2-7,12H,8-11H2,1H3,(H2,20,21,24). The van der Waals surface area contributed by atoms with Crippen molar-refractivity contribution in [3.63, 3.8) is 0 Å². The number of morpholine rings is 1. The molecule has 1 fully saturated rings. The fourth-order valence-electron chi connectivity index (χ4n) is 2.60. The van der Waals surface area contributed by atoms with Crippen LogP contribution in [0, 0.1) is 12.7 Å². The van der Waals surface area contributed by atoms with E-state index in [1.165, 1.54) is 6.07 Å². The predicted molar refractivity (Wildman–Crippen MR) is 100 cm³/mol. The molecule has 6 heteroatoms. The molecular weight excluding hydrogens is 325 g/mol. The van der Waals surface area contributed by atoms with Crippen LogP contribution in [0.3, 0.4) is 0 Å². The number of hydrogen-bond donors (Lipinski definition) is 2. The first-order valence-electron chi connectivity index (χ1n) is 7.89. The minimum Gasteiger partial charge on any atom is -0.378 e. The Labute approximate surface area is 146 Å². The van der Waals surface area contributed by atoms with Crippen LogP contribution < -0.4 is 15.5 Å². The monoisotopic (exact) mass is 345 g/mol. The zero-order valence-corrected chi connectivity index (χ0v) is 14.3. The number of aryl methyl sites for hydroxylation is 1. The minimum atomic E-state index is -0.326. The lowest BCUT2D eigenvalue weighted by molar-refractivity contribution is 0.122. The zero-order valence-electron chi connectivity index (χ0n) is 13.5. The third kappa shape index (κ3) is 4.21. The van der Waals surface area contributed by atoms with Gasteiger partial charge >= 0.3 is 0 Å². The number of ether oxygens (including phenoxy) is 1. The highest BCUT2D eigenvalue weighted by atomic mass is 32.1. The summed E-state index contributed by atoms with van der Waals surface area (Å²) in [4.78, 5) is 2.28. The Balaban J connectivity index is 1.61. The second-order valence-electron chi connectivity index (χ2n) is 5.71. The molecule has 0 aliphatic carbocycles. The highest BCUT2D eigenvalue weighted by Crippen LogP contribution is 2.20. The molecule has 2 aromatic carbocycles. The van der Waals surface area contributed by atoms with Gasteiger partial charge in [0.1, 0.15) is 5.82 Å². The first-order valence-corrected chi connectivity index (χ1v) is 8.29. The zero-order chi connectivity index (χ0) is 16.9. The van der Waals surface area contributed by atoms with Gasteiger partial charge in [-0.15, -0.1) is 0 Å². The molecular formula is C18H20FN3OS. The SMILES string of the molecule is Cc1ccc(F)c(NC(=S)Nc2ccc(N3CCOCC3)cc2)c1. The van der Waals surface area contributed by atoms with Gasteiger partial charge in [-0.05, 0) is 61.1 Å². The summed E-state index contributed by atoms with van der Waals surface area (Å²) in [6.45, 7) is 5.23. The number of thiocarbonyl (C=S) groups is 1. The largest absolute Gasteiger partial charge is 0.378 e. The molecule has 0 saturated carbocycles. The van der Waals surface area contributed by atoms with Crippen LogP contribution in [0.1, 0.15) is 5.56 Å². The molecule has 126 valence electrons. The second kappa shape index (κ2) is 7.59. The number of nitrogens with zero attached hydrogens (tertiary/aromatic N) is 1. The second-order valence-corrected chi connectivity index (χ2v) is 6.12. The Morgan fingerprint density at radius 3 is 2.50 bits per heavy atom. The molecule has 1 aliphatic rings. The lowest BCUT2D eigenvalue weighted by Crippen LogP contribution is -2.36. The van der Waals surface area contributed by atoms with Crippen LogP contribution in [0.4, 0.5) is 21.5 Å². The summed E-state index contributed by atoms with van der Waals surface area (Å²) in [5.74, 6) is -0.326. The van der Waals surface area contributed by atoms with E-state index in [0.29, 0.717) is 10.8 Å². The van der Waals surface area contributed by atoms with Crippen LogP contribution >= 0.6 is 12.2 Å². The first-order chi connectivity index (χ1) is 11.6. The number of nitrogens with one attached hydrogen (secondary N) is 2. The highest BCUT2D eigenvalue weighted by Gasteiger charge is 2.11. The minimum absolute atomic E-state index is 0.326. The van der Waals surface area contributed by atoms with Crippen LogP contribution in [0.2, 0.25) is 0 Å². The van der Waals surface area contributed by atoms with E-state index in [1.807, 2.05) is 31.2 Å². The van der Waals surface area contributed by atoms with Crippen molar-refractivity contribution in [2.75, 3.05) is 41.8 Å². The Kier molecular flexibility index (Phi) is 5.27. The normalized spacial score (nSPS) is 14.3. The molecule has 0 spiro atoms. The number of hydrogen-bond acceptors (Lipinski definition) is 3. The summed E-state index contributed by atoms with van der Waals surface area (Å²) in [7, 11) is 0. The van der Waals surface area contributed by atoms with Gasteiger partial charge in [-0.1, -0.05) is 6.07 Å². The summed E-state index contributed by atoms with van der Waals surface area (Å²) in [6, 6.07) is 12.9. The topological polar surface area (TPSA) is 36.5 Å². The molecule has 2 N–H and O–H groups in total. The average molecular weight is 345 g/mol. The van der Waals surface area contributed by atoms with E-state index in [2.05, 4.69) is 15.5 Å². The third-order valence-electron chi connectivity index (χ3n) is 3.87. The third-order valence-corrected chi connectivity index (χ3v) is 4.08. The molecule has 0 amide bonds. The fourth-order valence-corrected chi connectivity index (χ4v) is 2.82. The molecule has 1 saturated heterocycles. The Hall–Kier alpha value is -2.18. The molecule has 0 atom stereocenters. The number of anilines is 3. The van der Waals surface area contributed by atoms with Crippen LogP contribution in [-0.4, -0.2) is 31.4 Å². The summed E-state index contributed by atoms with van der Waals surface area (Å²) >= 11 is 5.26. The predicted octanol–water partition coefficient (Wildman–Crippen LogP) is 3.78. The van der Waals surface area contributed by atoms with Crippen molar-refractivity contribution < 1.29 is 9.13 Å². The molecule has 4 nitrogen and oxygen atoms in total. The molecule has 1 aliphatic heterocycles. The smallest absolute Gasteiger partial charge is 0.175 e. The average Bonchev–Trinajstić information content (AvgIpc) is 2.59. The summed E-state index contributed by atoms with van der Waals surface area (Å²) in [5, 5.41) is 6.33. The lowest BCUT2D eigenvalue weighted by Gasteiger charge is -2.29. The van der Waals surface area contributed by atoms with Gasteiger partial charge < -0.3 is 20.3 Å². The van der Waals surface area contributed by atoms with Gasteiger partial charge in [-0.2, -0.15) is 0 Å². The molecule has 2 aromatic rings. The molecule has 0 aromatic heterocycles. The van der Waals surface area contributed by atoms with Gasteiger partial charge in [0.2, 0.25) is 0 Å². The number of halogens is 1. The highest BCUT2D eigenvalue weighted by molar-refractivity contribution is 7.80. The molecule has 0 bridgehead atoms. The van der Waals surface area contributed by atoms with Crippen molar-refractivity contribution in [2.45, 2.75) is 6.92 Å². The maximum absolute atomic E-state index is 13.8. The molecule has 3 rings (SSSR count). The Morgan fingerprint density at radius 1 is 1.08 bits per heavy atom. The lowest BCUT2D eigenvalue weighted by atomic mass is 10.2. The van der Waals surface area contributed by atoms with E-state index in [1.54, 1.807) is 12.1 Å². The van der Waals surface area contributed by atoms with Crippen LogP contribution in [0.15, 0.2) is 42.5 Å². The van der Waals surface area contributed by atoms with E-state index < -0.39 is 0 Å². The van der Waals surface area contributed by atoms with E-state index in [4.69, 9.17) is 17.0 Å².